The summed E-state index contributed by atoms with van der Waals surface area (Å²) in [6, 6.07) is -0.789. The van der Waals surface area contributed by atoms with Crippen LogP contribution in [0.3, 0.4) is 0 Å². The molecule has 1 heterocycles. The molecule has 1 aliphatic rings. The lowest BCUT2D eigenvalue weighted by Gasteiger charge is -2.08. The second kappa shape index (κ2) is 5.79. The van der Waals surface area contributed by atoms with Crippen molar-refractivity contribution in [2.45, 2.75) is 12.8 Å². The van der Waals surface area contributed by atoms with Crippen LogP contribution in [0.1, 0.15) is 12.8 Å². The number of nitrogens with two attached hydrogens (primary N) is 1. The van der Waals surface area contributed by atoms with Crippen LogP contribution in [0.25, 0.3) is 0 Å². The fraction of sp³-hybridized carbons (Fsp3) is 0.444. The molecule has 82 valence electrons. The van der Waals surface area contributed by atoms with Crippen LogP contribution in [0.5, 0.6) is 0 Å². The summed E-state index contributed by atoms with van der Waals surface area (Å²) in [4.78, 5) is 23.4. The van der Waals surface area contributed by atoms with E-state index in [1.165, 1.54) is 6.08 Å². The zero-order valence-electron chi connectivity index (χ0n) is 8.35. The first-order chi connectivity index (χ1) is 7.18. The summed E-state index contributed by atoms with van der Waals surface area (Å²) in [5, 5.41) is 3.35. The summed E-state index contributed by atoms with van der Waals surface area (Å²) in [7, 11) is 0. The van der Waals surface area contributed by atoms with Gasteiger partial charge >= 0.3 is 6.03 Å². The fourth-order valence-corrected chi connectivity index (χ4v) is 1.27. The summed E-state index contributed by atoms with van der Waals surface area (Å²) >= 11 is 0. The SMILES string of the molecule is NC(=O)N/N=C/C(=O)/C=C/N1CCCC1. The van der Waals surface area contributed by atoms with Gasteiger partial charge in [-0.05, 0) is 12.8 Å². The van der Waals surface area contributed by atoms with Crippen molar-refractivity contribution in [3.63, 3.8) is 0 Å². The van der Waals surface area contributed by atoms with Crippen molar-refractivity contribution in [1.29, 1.82) is 0 Å². The maximum atomic E-state index is 11.1. The van der Waals surface area contributed by atoms with Gasteiger partial charge in [-0.1, -0.05) is 0 Å². The van der Waals surface area contributed by atoms with Gasteiger partial charge < -0.3 is 10.6 Å². The number of allylic oxidation sites excluding steroid dienone is 1. The standard InChI is InChI=1S/C9H14N4O2/c10-9(15)12-11-7-8(14)3-6-13-4-1-2-5-13/h3,6-7H,1-2,4-5H2,(H3,10,12,15)/b6-3+,11-7+. The third-order valence-corrected chi connectivity index (χ3v) is 1.96. The van der Waals surface area contributed by atoms with Gasteiger partial charge in [-0.15, -0.1) is 0 Å². The maximum absolute atomic E-state index is 11.1. The molecule has 0 bridgehead atoms. The molecule has 0 spiro atoms. The molecule has 1 aliphatic heterocycles. The Morgan fingerprint density at radius 1 is 1.33 bits per heavy atom. The minimum atomic E-state index is -0.789. The normalized spacial score (nSPS) is 16.4. The molecule has 0 radical (unpaired) electrons. The number of likely N-dealkylation sites (tertiary alicyclic amines) is 1. The van der Waals surface area contributed by atoms with Gasteiger partial charge in [0.15, 0.2) is 5.78 Å². The summed E-state index contributed by atoms with van der Waals surface area (Å²) in [5.74, 6) is -0.282. The molecule has 1 fully saturated rings. The number of urea groups is 1. The third-order valence-electron chi connectivity index (χ3n) is 1.96. The Labute approximate surface area is 87.8 Å². The molecule has 2 amide bonds. The van der Waals surface area contributed by atoms with Crippen LogP contribution in [0, 0.1) is 0 Å². The summed E-state index contributed by atoms with van der Waals surface area (Å²) in [6.45, 7) is 1.97. The number of hydrogen-bond acceptors (Lipinski definition) is 4. The van der Waals surface area contributed by atoms with Gasteiger partial charge in [-0.3, -0.25) is 4.79 Å². The largest absolute Gasteiger partial charge is 0.377 e. The zero-order valence-corrected chi connectivity index (χ0v) is 8.35. The number of carbonyl (C=O) groups is 2. The van der Waals surface area contributed by atoms with Gasteiger partial charge in [-0.25, -0.2) is 10.2 Å². The van der Waals surface area contributed by atoms with E-state index < -0.39 is 6.03 Å². The maximum Gasteiger partial charge on any atom is 0.332 e. The molecule has 0 aromatic heterocycles. The second-order valence-electron chi connectivity index (χ2n) is 3.20. The fourth-order valence-electron chi connectivity index (χ4n) is 1.27. The Hall–Kier alpha value is -1.85. The van der Waals surface area contributed by atoms with E-state index >= 15 is 0 Å². The van der Waals surface area contributed by atoms with Crippen molar-refractivity contribution in [1.82, 2.24) is 10.3 Å². The van der Waals surface area contributed by atoms with Crippen LogP contribution in [0.15, 0.2) is 17.4 Å². The Balaban J connectivity index is 2.28. The van der Waals surface area contributed by atoms with Crippen molar-refractivity contribution in [2.75, 3.05) is 13.1 Å². The van der Waals surface area contributed by atoms with E-state index in [-0.39, 0.29) is 5.78 Å². The van der Waals surface area contributed by atoms with Crippen LogP contribution in [0.4, 0.5) is 4.79 Å². The van der Waals surface area contributed by atoms with E-state index in [4.69, 9.17) is 5.73 Å². The smallest absolute Gasteiger partial charge is 0.332 e. The summed E-state index contributed by atoms with van der Waals surface area (Å²) < 4.78 is 0. The monoisotopic (exact) mass is 210 g/mol. The van der Waals surface area contributed by atoms with Crippen LogP contribution in [0.2, 0.25) is 0 Å². The van der Waals surface area contributed by atoms with Gasteiger partial charge in [-0.2, -0.15) is 5.10 Å². The van der Waals surface area contributed by atoms with Crippen molar-refractivity contribution in [2.24, 2.45) is 10.8 Å². The molecule has 1 saturated heterocycles. The lowest BCUT2D eigenvalue weighted by Crippen LogP contribution is -2.24. The number of nitrogens with zero attached hydrogens (tertiary/aromatic N) is 2. The topological polar surface area (TPSA) is 87.8 Å². The molecule has 15 heavy (non-hydrogen) atoms. The Kier molecular flexibility index (Phi) is 4.33. The highest BCUT2D eigenvalue weighted by atomic mass is 16.2. The predicted octanol–water partition coefficient (Wildman–Crippen LogP) is -0.181. The lowest BCUT2D eigenvalue weighted by molar-refractivity contribution is -0.108. The Morgan fingerprint density at radius 3 is 2.60 bits per heavy atom. The molecule has 0 atom stereocenters. The number of nitrogens with one attached hydrogen (secondary N) is 1. The van der Waals surface area contributed by atoms with E-state index in [2.05, 4.69) is 10.0 Å². The Morgan fingerprint density at radius 2 is 2.00 bits per heavy atom. The predicted molar refractivity (Wildman–Crippen MR) is 56.2 cm³/mol. The average Bonchev–Trinajstić information content (AvgIpc) is 2.66. The van der Waals surface area contributed by atoms with Crippen LogP contribution in [-0.4, -0.2) is 36.0 Å². The number of carbonyl (C=O) groups excluding carboxylic acids is 2. The minimum Gasteiger partial charge on any atom is -0.377 e. The number of hydrazone groups is 1. The first kappa shape index (κ1) is 11.2. The molecule has 0 aromatic rings. The molecule has 1 rings (SSSR count). The second-order valence-corrected chi connectivity index (χ2v) is 3.20. The van der Waals surface area contributed by atoms with Gasteiger partial charge in [0.2, 0.25) is 0 Å². The number of ketones is 1. The molecule has 0 saturated carbocycles. The van der Waals surface area contributed by atoms with Crippen LogP contribution < -0.4 is 11.2 Å². The number of primary amides is 1. The number of amides is 2. The van der Waals surface area contributed by atoms with Gasteiger partial charge in [0.25, 0.3) is 0 Å². The van der Waals surface area contributed by atoms with Gasteiger partial charge in [0.05, 0.1) is 6.21 Å². The summed E-state index contributed by atoms with van der Waals surface area (Å²) in [5.41, 5.74) is 6.70. The van der Waals surface area contributed by atoms with Gasteiger partial charge in [0, 0.05) is 25.4 Å². The number of rotatable bonds is 4. The van der Waals surface area contributed by atoms with E-state index in [0.29, 0.717) is 0 Å². The van der Waals surface area contributed by atoms with Crippen molar-refractivity contribution < 1.29 is 9.59 Å². The van der Waals surface area contributed by atoms with E-state index in [1.54, 1.807) is 6.20 Å². The molecular formula is C9H14N4O2. The molecule has 3 N–H and O–H groups in total. The lowest BCUT2D eigenvalue weighted by atomic mass is 10.4. The molecule has 6 heteroatoms. The van der Waals surface area contributed by atoms with Crippen molar-refractivity contribution in [3.05, 3.63) is 12.3 Å². The molecule has 6 nitrogen and oxygen atoms in total. The van der Waals surface area contributed by atoms with Crippen molar-refractivity contribution in [3.8, 4) is 0 Å². The van der Waals surface area contributed by atoms with Crippen LogP contribution in [-0.2, 0) is 4.79 Å². The summed E-state index contributed by atoms with van der Waals surface area (Å²) in [6.07, 6.45) is 6.49. The molecule has 0 aliphatic carbocycles. The molecule has 0 aromatic carbocycles. The zero-order chi connectivity index (χ0) is 11.1. The Bertz CT molecular complexity index is 292. The minimum absolute atomic E-state index is 0.282. The number of hydrogen-bond donors (Lipinski definition) is 2. The highest BCUT2D eigenvalue weighted by Gasteiger charge is 2.06. The van der Waals surface area contributed by atoms with E-state index in [9.17, 15) is 9.59 Å². The first-order valence-electron chi connectivity index (χ1n) is 4.73. The highest BCUT2D eigenvalue weighted by molar-refractivity contribution is 6.32. The highest BCUT2D eigenvalue weighted by Crippen LogP contribution is 2.06. The molecular weight excluding hydrogens is 196 g/mol. The van der Waals surface area contributed by atoms with Gasteiger partial charge in [0.1, 0.15) is 0 Å². The molecule has 0 unspecified atom stereocenters. The van der Waals surface area contributed by atoms with Crippen LogP contribution >= 0.6 is 0 Å². The quantitative estimate of drug-likeness (QED) is 0.383. The average molecular weight is 210 g/mol. The van der Waals surface area contributed by atoms with E-state index in [1.807, 2.05) is 5.43 Å². The van der Waals surface area contributed by atoms with Crippen molar-refractivity contribution >= 4 is 18.0 Å². The third kappa shape index (κ3) is 4.80. The van der Waals surface area contributed by atoms with E-state index in [0.717, 1.165) is 32.1 Å². The first-order valence-corrected chi connectivity index (χ1v) is 4.73.